The number of pyridine rings is 1. The van der Waals surface area contributed by atoms with Crippen molar-refractivity contribution in [1.82, 2.24) is 19.0 Å². The van der Waals surface area contributed by atoms with Crippen molar-refractivity contribution in [2.45, 2.75) is 31.8 Å². The van der Waals surface area contributed by atoms with Gasteiger partial charge >= 0.3 is 17.5 Å². The van der Waals surface area contributed by atoms with Crippen LogP contribution in [-0.2, 0) is 13.6 Å². The molecule has 4 rings (SSSR count). The zero-order valence-corrected chi connectivity index (χ0v) is 17.9. The fraction of sp³-hybridized carbons (Fsp3) is 0.381. The number of alkyl halides is 3. The molecular weight excluding hydrogens is 449 g/mol. The molecule has 0 unspecified atom stereocenters. The average Bonchev–Trinajstić information content (AvgIpc) is 2.74. The Labute approximate surface area is 185 Å². The zero-order valence-electron chi connectivity index (χ0n) is 17.1. The summed E-state index contributed by atoms with van der Waals surface area (Å²) in [6, 6.07) is 8.81. The van der Waals surface area contributed by atoms with Crippen LogP contribution in [-0.4, -0.2) is 38.5 Å². The van der Waals surface area contributed by atoms with Crippen LogP contribution in [0.4, 0.5) is 13.2 Å². The number of benzene rings is 1. The SMILES string of the molecule is Cn1c(=O)c(=O)n(C2CCN(Cc3ccc(OC(F)(F)F)cc3)CC2)c2nc(Cl)ccc21. The highest BCUT2D eigenvalue weighted by atomic mass is 35.5. The molecule has 1 aromatic carbocycles. The summed E-state index contributed by atoms with van der Waals surface area (Å²) in [6.45, 7) is 1.85. The van der Waals surface area contributed by atoms with Crippen LogP contribution < -0.4 is 15.9 Å². The first-order valence-corrected chi connectivity index (χ1v) is 10.3. The molecule has 2 aromatic heterocycles. The molecule has 0 amide bonds. The molecule has 170 valence electrons. The predicted molar refractivity (Wildman–Crippen MR) is 113 cm³/mol. The highest BCUT2D eigenvalue weighted by molar-refractivity contribution is 6.29. The van der Waals surface area contributed by atoms with Gasteiger partial charge in [-0.3, -0.25) is 19.1 Å². The van der Waals surface area contributed by atoms with E-state index >= 15 is 0 Å². The first-order chi connectivity index (χ1) is 15.1. The number of hydrogen-bond donors (Lipinski definition) is 0. The normalized spacial score (nSPS) is 15.9. The lowest BCUT2D eigenvalue weighted by Gasteiger charge is -2.33. The first-order valence-electron chi connectivity index (χ1n) is 9.97. The molecule has 11 heteroatoms. The summed E-state index contributed by atoms with van der Waals surface area (Å²) in [7, 11) is 1.53. The van der Waals surface area contributed by atoms with E-state index in [2.05, 4.69) is 14.6 Å². The molecule has 0 atom stereocenters. The number of fused-ring (bicyclic) bond motifs is 1. The summed E-state index contributed by atoms with van der Waals surface area (Å²) in [6.07, 6.45) is -3.49. The average molecular weight is 469 g/mol. The summed E-state index contributed by atoms with van der Waals surface area (Å²) in [4.78, 5) is 31.6. The highest BCUT2D eigenvalue weighted by Gasteiger charge is 2.31. The molecule has 0 bridgehead atoms. The van der Waals surface area contributed by atoms with E-state index in [0.717, 1.165) is 5.56 Å². The van der Waals surface area contributed by atoms with Crippen LogP contribution >= 0.6 is 11.6 Å². The van der Waals surface area contributed by atoms with Crippen LogP contribution in [0.15, 0.2) is 46.0 Å². The van der Waals surface area contributed by atoms with Crippen LogP contribution in [0, 0.1) is 0 Å². The van der Waals surface area contributed by atoms with Gasteiger partial charge in [-0.25, -0.2) is 4.98 Å². The first kappa shape index (κ1) is 22.3. The molecule has 0 radical (unpaired) electrons. The fourth-order valence-electron chi connectivity index (χ4n) is 4.04. The molecule has 0 aliphatic carbocycles. The second-order valence-electron chi connectivity index (χ2n) is 7.72. The number of hydrogen-bond acceptors (Lipinski definition) is 5. The van der Waals surface area contributed by atoms with Crippen LogP contribution in [0.25, 0.3) is 11.2 Å². The van der Waals surface area contributed by atoms with E-state index in [0.29, 0.717) is 43.6 Å². The summed E-state index contributed by atoms with van der Waals surface area (Å²) in [5.74, 6) is -0.261. The fourth-order valence-corrected chi connectivity index (χ4v) is 4.18. The number of ether oxygens (including phenoxy) is 1. The van der Waals surface area contributed by atoms with Gasteiger partial charge in [0.1, 0.15) is 10.9 Å². The third-order valence-electron chi connectivity index (χ3n) is 5.60. The maximum atomic E-state index is 12.8. The molecule has 7 nitrogen and oxygen atoms in total. The van der Waals surface area contributed by atoms with E-state index in [-0.39, 0.29) is 16.9 Å². The summed E-state index contributed by atoms with van der Waals surface area (Å²) < 4.78 is 43.5. The van der Waals surface area contributed by atoms with E-state index in [1.54, 1.807) is 24.3 Å². The van der Waals surface area contributed by atoms with Crippen molar-refractivity contribution in [3.05, 3.63) is 67.8 Å². The van der Waals surface area contributed by atoms with E-state index in [1.807, 2.05) is 0 Å². The summed E-state index contributed by atoms with van der Waals surface area (Å²) in [5.41, 5.74) is 0.507. The van der Waals surface area contributed by atoms with E-state index in [1.165, 1.54) is 28.3 Å². The predicted octanol–water partition coefficient (Wildman–Crippen LogP) is 3.48. The largest absolute Gasteiger partial charge is 0.573 e. The number of aromatic nitrogens is 3. The van der Waals surface area contributed by atoms with Gasteiger partial charge in [0.05, 0.1) is 5.52 Å². The number of halogens is 4. The molecule has 3 heterocycles. The number of nitrogens with zero attached hydrogens (tertiary/aromatic N) is 4. The smallest absolute Gasteiger partial charge is 0.406 e. The van der Waals surface area contributed by atoms with Gasteiger partial charge in [0.15, 0.2) is 5.65 Å². The van der Waals surface area contributed by atoms with Crippen molar-refractivity contribution in [1.29, 1.82) is 0 Å². The van der Waals surface area contributed by atoms with Gasteiger partial charge in [-0.1, -0.05) is 23.7 Å². The summed E-state index contributed by atoms with van der Waals surface area (Å²) >= 11 is 6.04. The van der Waals surface area contributed by atoms with Crippen LogP contribution in [0.1, 0.15) is 24.4 Å². The second-order valence-corrected chi connectivity index (χ2v) is 8.10. The van der Waals surface area contributed by atoms with E-state index in [4.69, 9.17) is 11.6 Å². The molecule has 1 saturated heterocycles. The quantitative estimate of drug-likeness (QED) is 0.433. The lowest BCUT2D eigenvalue weighted by Crippen LogP contribution is -2.45. The molecule has 1 fully saturated rings. The number of piperidine rings is 1. The second kappa shape index (κ2) is 8.59. The molecule has 0 N–H and O–H groups in total. The lowest BCUT2D eigenvalue weighted by atomic mass is 10.0. The van der Waals surface area contributed by atoms with Gasteiger partial charge in [-0.2, -0.15) is 0 Å². The minimum absolute atomic E-state index is 0.205. The Hall–Kier alpha value is -2.85. The Bertz CT molecular complexity index is 1250. The zero-order chi connectivity index (χ0) is 23.0. The highest BCUT2D eigenvalue weighted by Crippen LogP contribution is 2.27. The van der Waals surface area contributed by atoms with E-state index in [9.17, 15) is 22.8 Å². The minimum Gasteiger partial charge on any atom is -0.406 e. The minimum atomic E-state index is -4.72. The molecule has 0 saturated carbocycles. The Morgan fingerprint density at radius 3 is 2.34 bits per heavy atom. The third kappa shape index (κ3) is 4.66. The number of likely N-dealkylation sites (tertiary alicyclic amines) is 1. The molecule has 1 aliphatic rings. The molecular formula is C21H20ClF3N4O3. The summed E-state index contributed by atoms with van der Waals surface area (Å²) in [5, 5.41) is 0.236. The van der Waals surface area contributed by atoms with Crippen molar-refractivity contribution >= 4 is 22.8 Å². The van der Waals surface area contributed by atoms with Crippen LogP contribution in [0.5, 0.6) is 5.75 Å². The Morgan fingerprint density at radius 2 is 1.72 bits per heavy atom. The lowest BCUT2D eigenvalue weighted by molar-refractivity contribution is -0.274. The molecule has 0 spiro atoms. The maximum absolute atomic E-state index is 12.8. The van der Waals surface area contributed by atoms with Gasteiger partial charge in [0, 0.05) is 32.7 Å². The Kier molecular flexibility index (Phi) is 6.00. The maximum Gasteiger partial charge on any atom is 0.573 e. The van der Waals surface area contributed by atoms with Gasteiger partial charge < -0.3 is 9.30 Å². The Morgan fingerprint density at radius 1 is 1.06 bits per heavy atom. The van der Waals surface area contributed by atoms with Crippen molar-refractivity contribution in [3.63, 3.8) is 0 Å². The van der Waals surface area contributed by atoms with Crippen LogP contribution in [0.3, 0.4) is 0 Å². The van der Waals surface area contributed by atoms with Gasteiger partial charge in [0.2, 0.25) is 0 Å². The Balaban J connectivity index is 1.49. The van der Waals surface area contributed by atoms with E-state index < -0.39 is 17.5 Å². The monoisotopic (exact) mass is 468 g/mol. The van der Waals surface area contributed by atoms with Gasteiger partial charge in [-0.15, -0.1) is 13.2 Å². The van der Waals surface area contributed by atoms with Crippen LogP contribution in [0.2, 0.25) is 5.15 Å². The van der Waals surface area contributed by atoms with Crippen molar-refractivity contribution in [2.24, 2.45) is 7.05 Å². The van der Waals surface area contributed by atoms with Crippen molar-refractivity contribution in [3.8, 4) is 5.75 Å². The van der Waals surface area contributed by atoms with Crippen molar-refractivity contribution < 1.29 is 17.9 Å². The topological polar surface area (TPSA) is 69.4 Å². The molecule has 1 aliphatic heterocycles. The van der Waals surface area contributed by atoms with Gasteiger partial charge in [-0.05, 0) is 42.7 Å². The third-order valence-corrected chi connectivity index (χ3v) is 5.81. The van der Waals surface area contributed by atoms with Crippen molar-refractivity contribution in [2.75, 3.05) is 13.1 Å². The molecule has 32 heavy (non-hydrogen) atoms. The standard InChI is InChI=1S/C21H20ClF3N4O3/c1-27-16-6-7-17(22)26-18(16)29(20(31)19(27)30)14-8-10-28(11-9-14)12-13-2-4-15(5-3-13)32-21(23,24)25/h2-7,14H,8-12H2,1H3. The molecule has 3 aromatic rings. The number of rotatable bonds is 4. The van der Waals surface area contributed by atoms with Gasteiger partial charge in [0.25, 0.3) is 0 Å². The number of aryl methyl sites for hydroxylation is 1.